The Labute approximate surface area is 174 Å². The highest BCUT2D eigenvalue weighted by molar-refractivity contribution is 7.20. The van der Waals surface area contributed by atoms with Gasteiger partial charge in [0.1, 0.15) is 10.6 Å². The van der Waals surface area contributed by atoms with Crippen molar-refractivity contribution in [1.29, 1.82) is 0 Å². The van der Waals surface area contributed by atoms with Crippen LogP contribution in [0.3, 0.4) is 0 Å². The van der Waals surface area contributed by atoms with Crippen molar-refractivity contribution in [1.82, 2.24) is 20.0 Å². The van der Waals surface area contributed by atoms with Gasteiger partial charge in [0.05, 0.1) is 29.5 Å². The van der Waals surface area contributed by atoms with Crippen LogP contribution in [0.2, 0.25) is 0 Å². The monoisotopic (exact) mass is 418 g/mol. The molecule has 0 aliphatic rings. The summed E-state index contributed by atoms with van der Waals surface area (Å²) in [4.78, 5) is 16.3. The fourth-order valence-corrected chi connectivity index (χ4v) is 4.18. The van der Waals surface area contributed by atoms with Crippen molar-refractivity contribution in [2.24, 2.45) is 0 Å². The van der Waals surface area contributed by atoms with E-state index >= 15 is 0 Å². The van der Waals surface area contributed by atoms with E-state index in [1.54, 1.807) is 16.8 Å². The molecule has 0 atom stereocenters. The standard InChI is InChI=1S/C21H27FN4O2S/c1-4-25(5-2)11-13-28-12-10-23-20(27)19-14-18-15(3)24-26(21(18)29-19)17-8-6-16(22)7-9-17/h6-9,14H,4-5,10-13H2,1-3H3,(H,23,27). The molecule has 8 heteroatoms. The van der Waals surface area contributed by atoms with Crippen molar-refractivity contribution in [3.63, 3.8) is 0 Å². The molecule has 0 unspecified atom stereocenters. The topological polar surface area (TPSA) is 59.4 Å². The second-order valence-electron chi connectivity index (χ2n) is 6.70. The zero-order valence-corrected chi connectivity index (χ0v) is 17.9. The van der Waals surface area contributed by atoms with E-state index in [-0.39, 0.29) is 11.7 Å². The number of nitrogens with zero attached hydrogens (tertiary/aromatic N) is 3. The lowest BCUT2D eigenvalue weighted by atomic mass is 10.3. The van der Waals surface area contributed by atoms with Crippen molar-refractivity contribution in [3.8, 4) is 5.69 Å². The highest BCUT2D eigenvalue weighted by Gasteiger charge is 2.17. The molecular weight excluding hydrogens is 391 g/mol. The minimum atomic E-state index is -0.292. The van der Waals surface area contributed by atoms with E-state index in [0.29, 0.717) is 24.6 Å². The molecule has 6 nitrogen and oxygen atoms in total. The summed E-state index contributed by atoms with van der Waals surface area (Å²) in [6, 6.07) is 8.02. The highest BCUT2D eigenvalue weighted by atomic mass is 32.1. The van der Waals surface area contributed by atoms with Crippen LogP contribution in [0.15, 0.2) is 30.3 Å². The highest BCUT2D eigenvalue weighted by Crippen LogP contribution is 2.30. The van der Waals surface area contributed by atoms with Crippen molar-refractivity contribution in [3.05, 3.63) is 46.7 Å². The molecule has 0 spiro atoms. The molecule has 0 radical (unpaired) electrons. The Bertz CT molecular complexity index is 948. The molecule has 1 amide bonds. The molecular formula is C21H27FN4O2S. The molecule has 1 aromatic carbocycles. The Hall–Kier alpha value is -2.29. The number of carbonyl (C=O) groups is 1. The third-order valence-corrected chi connectivity index (χ3v) is 5.93. The molecule has 1 N–H and O–H groups in total. The molecule has 0 saturated heterocycles. The summed E-state index contributed by atoms with van der Waals surface area (Å²) in [7, 11) is 0. The maximum Gasteiger partial charge on any atom is 0.261 e. The van der Waals surface area contributed by atoms with Gasteiger partial charge in [0, 0.05) is 18.5 Å². The number of aryl methyl sites for hydroxylation is 1. The molecule has 3 aromatic rings. The normalized spacial score (nSPS) is 11.5. The van der Waals surface area contributed by atoms with Gasteiger partial charge in [-0.05, 0) is 50.3 Å². The fourth-order valence-electron chi connectivity index (χ4n) is 3.08. The molecule has 0 saturated carbocycles. The summed E-state index contributed by atoms with van der Waals surface area (Å²) >= 11 is 1.38. The first-order chi connectivity index (χ1) is 14.0. The number of rotatable bonds is 10. The molecule has 3 rings (SSSR count). The molecule has 0 aliphatic heterocycles. The smallest absolute Gasteiger partial charge is 0.261 e. The van der Waals surface area contributed by atoms with Crippen molar-refractivity contribution < 1.29 is 13.9 Å². The second-order valence-corrected chi connectivity index (χ2v) is 7.73. The first-order valence-electron chi connectivity index (χ1n) is 9.86. The van der Waals surface area contributed by atoms with Crippen LogP contribution in [-0.2, 0) is 4.74 Å². The van der Waals surface area contributed by atoms with Crippen molar-refractivity contribution >= 4 is 27.5 Å². The zero-order chi connectivity index (χ0) is 20.8. The van der Waals surface area contributed by atoms with Crippen LogP contribution in [0.5, 0.6) is 0 Å². The summed E-state index contributed by atoms with van der Waals surface area (Å²) in [5.41, 5.74) is 1.60. The largest absolute Gasteiger partial charge is 0.378 e. The first-order valence-corrected chi connectivity index (χ1v) is 10.7. The van der Waals surface area contributed by atoms with Crippen LogP contribution < -0.4 is 5.32 Å². The number of benzene rings is 1. The first kappa shape index (κ1) is 21.4. The minimum absolute atomic E-state index is 0.122. The van der Waals surface area contributed by atoms with Crippen LogP contribution in [-0.4, -0.2) is 60.0 Å². The second kappa shape index (κ2) is 9.96. The fraction of sp³-hybridized carbons (Fsp3) is 0.429. The van der Waals surface area contributed by atoms with Crippen LogP contribution >= 0.6 is 11.3 Å². The van der Waals surface area contributed by atoms with Gasteiger partial charge in [-0.3, -0.25) is 4.79 Å². The van der Waals surface area contributed by atoms with E-state index in [9.17, 15) is 9.18 Å². The maximum atomic E-state index is 13.2. The molecule has 2 heterocycles. The summed E-state index contributed by atoms with van der Waals surface area (Å²) in [6.07, 6.45) is 0. The summed E-state index contributed by atoms with van der Waals surface area (Å²) in [5.74, 6) is -0.414. The van der Waals surface area contributed by atoms with Gasteiger partial charge in [-0.15, -0.1) is 11.3 Å². The Morgan fingerprint density at radius 3 is 2.66 bits per heavy atom. The van der Waals surface area contributed by atoms with Crippen molar-refractivity contribution in [2.75, 3.05) is 39.4 Å². The maximum absolute atomic E-state index is 13.2. The summed E-state index contributed by atoms with van der Waals surface area (Å²) in [5, 5.41) is 8.36. The molecule has 2 aromatic heterocycles. The van der Waals surface area contributed by atoms with Crippen LogP contribution in [0.1, 0.15) is 29.2 Å². The third kappa shape index (κ3) is 5.20. The van der Waals surface area contributed by atoms with E-state index in [2.05, 4.69) is 29.2 Å². The number of ether oxygens (including phenoxy) is 1. The van der Waals surface area contributed by atoms with Gasteiger partial charge < -0.3 is 15.0 Å². The number of aromatic nitrogens is 2. The number of halogens is 1. The number of likely N-dealkylation sites (N-methyl/N-ethyl adjacent to an activating group) is 1. The molecule has 0 bridgehead atoms. The lowest BCUT2D eigenvalue weighted by Gasteiger charge is -2.17. The molecule has 156 valence electrons. The number of hydrogen-bond acceptors (Lipinski definition) is 5. The van der Waals surface area contributed by atoms with E-state index < -0.39 is 0 Å². The van der Waals surface area contributed by atoms with Crippen LogP contribution in [0.25, 0.3) is 15.9 Å². The van der Waals surface area contributed by atoms with Crippen LogP contribution in [0, 0.1) is 12.7 Å². The zero-order valence-electron chi connectivity index (χ0n) is 17.1. The number of carbonyl (C=O) groups excluding carboxylic acids is 1. The van der Waals surface area contributed by atoms with Crippen LogP contribution in [0.4, 0.5) is 4.39 Å². The summed E-state index contributed by atoms with van der Waals surface area (Å²) in [6.45, 7) is 10.7. The third-order valence-electron chi connectivity index (χ3n) is 4.82. The van der Waals surface area contributed by atoms with Gasteiger partial charge >= 0.3 is 0 Å². The Kier molecular flexibility index (Phi) is 7.35. The van der Waals surface area contributed by atoms with E-state index in [1.807, 2.05) is 13.0 Å². The SMILES string of the molecule is CCN(CC)CCOCCNC(=O)c1cc2c(C)nn(-c3ccc(F)cc3)c2s1. The van der Waals surface area contributed by atoms with Gasteiger partial charge in [-0.25, -0.2) is 9.07 Å². The molecule has 29 heavy (non-hydrogen) atoms. The van der Waals surface area contributed by atoms with Gasteiger partial charge in [-0.2, -0.15) is 5.10 Å². The number of hydrogen-bond donors (Lipinski definition) is 1. The molecule has 0 aliphatic carbocycles. The van der Waals surface area contributed by atoms with Gasteiger partial charge in [-0.1, -0.05) is 13.8 Å². The summed E-state index contributed by atoms with van der Waals surface area (Å²) < 4.78 is 20.6. The molecule has 0 fully saturated rings. The average molecular weight is 419 g/mol. The number of nitrogens with one attached hydrogen (secondary N) is 1. The number of amides is 1. The Morgan fingerprint density at radius 1 is 1.24 bits per heavy atom. The lowest BCUT2D eigenvalue weighted by Crippen LogP contribution is -2.30. The van der Waals surface area contributed by atoms with E-state index in [1.165, 1.54) is 23.5 Å². The Balaban J connectivity index is 1.58. The predicted molar refractivity (Wildman–Crippen MR) is 115 cm³/mol. The number of thiophene rings is 1. The van der Waals surface area contributed by atoms with Gasteiger partial charge in [0.25, 0.3) is 5.91 Å². The van der Waals surface area contributed by atoms with Gasteiger partial charge in [0.2, 0.25) is 0 Å². The number of fused-ring (bicyclic) bond motifs is 1. The van der Waals surface area contributed by atoms with Gasteiger partial charge in [0.15, 0.2) is 0 Å². The average Bonchev–Trinajstić information content (AvgIpc) is 3.29. The lowest BCUT2D eigenvalue weighted by molar-refractivity contribution is 0.0888. The van der Waals surface area contributed by atoms with E-state index in [4.69, 9.17) is 4.74 Å². The minimum Gasteiger partial charge on any atom is -0.378 e. The Morgan fingerprint density at radius 2 is 1.97 bits per heavy atom. The quantitative estimate of drug-likeness (QED) is 0.511. The van der Waals surface area contributed by atoms with Crippen molar-refractivity contribution in [2.45, 2.75) is 20.8 Å². The van der Waals surface area contributed by atoms with E-state index in [0.717, 1.165) is 41.2 Å². The predicted octanol–water partition coefficient (Wildman–Crippen LogP) is 3.62.